The van der Waals surface area contributed by atoms with E-state index < -0.39 is 0 Å². The van der Waals surface area contributed by atoms with Crippen molar-refractivity contribution in [1.29, 1.82) is 0 Å². The smallest absolute Gasteiger partial charge is 0.290 e. The van der Waals surface area contributed by atoms with Crippen LogP contribution in [0.2, 0.25) is 0 Å². The number of aromatic nitrogens is 4. The van der Waals surface area contributed by atoms with E-state index in [1.807, 2.05) is 55.5 Å². The maximum Gasteiger partial charge on any atom is 0.290 e. The minimum absolute atomic E-state index is 0.0368. The topological polar surface area (TPSA) is 101 Å². The van der Waals surface area contributed by atoms with Crippen molar-refractivity contribution in [2.75, 3.05) is 12.4 Å². The van der Waals surface area contributed by atoms with Gasteiger partial charge in [0, 0.05) is 11.3 Å². The summed E-state index contributed by atoms with van der Waals surface area (Å²) in [6.45, 7) is 1.98. The summed E-state index contributed by atoms with van der Waals surface area (Å²) in [4.78, 5) is 24.6. The average Bonchev–Trinajstić information content (AvgIpc) is 3.18. The van der Waals surface area contributed by atoms with E-state index in [2.05, 4.69) is 20.6 Å². The van der Waals surface area contributed by atoms with Gasteiger partial charge in [0.05, 0.1) is 19.2 Å². The van der Waals surface area contributed by atoms with Crippen molar-refractivity contribution in [1.82, 2.24) is 19.8 Å². The van der Waals surface area contributed by atoms with Crippen molar-refractivity contribution in [3.63, 3.8) is 0 Å². The molecule has 0 radical (unpaired) electrons. The lowest BCUT2D eigenvalue weighted by atomic mass is 10.1. The van der Waals surface area contributed by atoms with Crippen LogP contribution in [0.15, 0.2) is 59.4 Å². The van der Waals surface area contributed by atoms with Gasteiger partial charge in [-0.05, 0) is 49.4 Å². The Labute approximate surface area is 166 Å². The quantitative estimate of drug-likeness (QED) is 0.546. The lowest BCUT2D eigenvalue weighted by molar-refractivity contribution is -0.115. The molecule has 0 bridgehead atoms. The fraction of sp³-hybridized carbons (Fsp3) is 0.143. The number of anilines is 1. The molecule has 1 amide bonds. The van der Waals surface area contributed by atoms with Crippen molar-refractivity contribution >= 4 is 17.1 Å². The van der Waals surface area contributed by atoms with Gasteiger partial charge in [0.1, 0.15) is 11.3 Å². The van der Waals surface area contributed by atoms with Gasteiger partial charge in [-0.25, -0.2) is 9.61 Å². The zero-order valence-electron chi connectivity index (χ0n) is 16.0. The monoisotopic (exact) mass is 389 g/mol. The predicted molar refractivity (Wildman–Crippen MR) is 109 cm³/mol. The molecule has 0 atom stereocenters. The zero-order valence-corrected chi connectivity index (χ0v) is 16.0. The first-order valence-corrected chi connectivity index (χ1v) is 9.02. The van der Waals surface area contributed by atoms with Gasteiger partial charge in [-0.2, -0.15) is 10.2 Å². The third-order valence-corrected chi connectivity index (χ3v) is 4.51. The Balaban J connectivity index is 1.63. The highest BCUT2D eigenvalue weighted by Crippen LogP contribution is 2.22. The molecule has 2 N–H and O–H groups in total. The number of methoxy groups -OCH3 is 1. The molecule has 0 saturated carbocycles. The number of carbonyl (C=O) groups excluding carboxylic acids is 1. The van der Waals surface area contributed by atoms with E-state index in [-0.39, 0.29) is 17.9 Å². The summed E-state index contributed by atoms with van der Waals surface area (Å²) in [5.41, 5.74) is 3.18. The van der Waals surface area contributed by atoms with Crippen LogP contribution in [-0.4, -0.2) is 32.8 Å². The Bertz CT molecular complexity index is 1220. The fourth-order valence-electron chi connectivity index (χ4n) is 2.96. The summed E-state index contributed by atoms with van der Waals surface area (Å²) in [6, 6.07) is 16.5. The molecule has 146 valence electrons. The van der Waals surface area contributed by atoms with Crippen LogP contribution in [0.25, 0.3) is 16.8 Å². The van der Waals surface area contributed by atoms with Crippen LogP contribution in [0.3, 0.4) is 0 Å². The lowest BCUT2D eigenvalue weighted by Gasteiger charge is -2.06. The van der Waals surface area contributed by atoms with Crippen LogP contribution in [-0.2, 0) is 11.2 Å². The molecular formula is C21H19N5O3. The van der Waals surface area contributed by atoms with Crippen molar-refractivity contribution < 1.29 is 9.53 Å². The van der Waals surface area contributed by atoms with Crippen molar-refractivity contribution in [2.45, 2.75) is 13.3 Å². The maximum absolute atomic E-state index is 12.4. The molecule has 0 aliphatic heterocycles. The van der Waals surface area contributed by atoms with E-state index in [9.17, 15) is 9.59 Å². The molecule has 2 aromatic carbocycles. The molecule has 0 spiro atoms. The highest BCUT2D eigenvalue weighted by molar-refractivity contribution is 5.91. The molecule has 4 aromatic rings. The first-order valence-electron chi connectivity index (χ1n) is 9.02. The number of hydrogen-bond donors (Lipinski definition) is 2. The average molecular weight is 389 g/mol. The third kappa shape index (κ3) is 3.86. The van der Waals surface area contributed by atoms with Crippen LogP contribution in [0.4, 0.5) is 5.69 Å². The Hall–Kier alpha value is -3.94. The Morgan fingerprint density at radius 1 is 1.14 bits per heavy atom. The number of nitrogens with zero attached hydrogens (tertiary/aromatic N) is 3. The summed E-state index contributed by atoms with van der Waals surface area (Å²) in [7, 11) is 1.60. The molecule has 8 nitrogen and oxygen atoms in total. The zero-order chi connectivity index (χ0) is 20.4. The van der Waals surface area contributed by atoms with E-state index in [1.54, 1.807) is 13.2 Å². The molecule has 2 heterocycles. The van der Waals surface area contributed by atoms with Gasteiger partial charge in [0.2, 0.25) is 5.91 Å². The Morgan fingerprint density at radius 3 is 2.55 bits per heavy atom. The number of ether oxygens (including phenoxy) is 1. The largest absolute Gasteiger partial charge is 0.497 e. The van der Waals surface area contributed by atoms with Crippen LogP contribution in [0, 0.1) is 6.92 Å². The maximum atomic E-state index is 12.4. The van der Waals surface area contributed by atoms with E-state index in [4.69, 9.17) is 4.74 Å². The molecule has 0 aliphatic carbocycles. The van der Waals surface area contributed by atoms with Gasteiger partial charge >= 0.3 is 0 Å². The second kappa shape index (κ2) is 7.59. The molecule has 2 aromatic heterocycles. The van der Waals surface area contributed by atoms with Gasteiger partial charge in [-0.1, -0.05) is 17.7 Å². The first-order chi connectivity index (χ1) is 14.0. The standard InChI is InChI=1S/C21H19N5O3/c1-13-3-7-15(8-4-13)22-20(27)12-19-23-24-21(28)18-11-17(25-26(18)19)14-5-9-16(29-2)10-6-14/h3-11H,12H2,1-2H3,(H,22,27)(H,24,28). The van der Waals surface area contributed by atoms with Crippen molar-refractivity contribution in [3.05, 3.63) is 76.3 Å². The number of aryl methyl sites for hydroxylation is 1. The number of H-pyrrole nitrogens is 1. The number of nitrogens with one attached hydrogen (secondary N) is 2. The van der Waals surface area contributed by atoms with E-state index >= 15 is 0 Å². The molecule has 0 unspecified atom stereocenters. The molecule has 29 heavy (non-hydrogen) atoms. The van der Waals surface area contributed by atoms with Gasteiger partial charge in [-0.3, -0.25) is 9.59 Å². The lowest BCUT2D eigenvalue weighted by Crippen LogP contribution is -2.22. The van der Waals surface area contributed by atoms with Crippen LogP contribution in [0.1, 0.15) is 11.4 Å². The third-order valence-electron chi connectivity index (χ3n) is 4.51. The number of carbonyl (C=O) groups is 1. The first kappa shape index (κ1) is 18.4. The summed E-state index contributed by atoms with van der Waals surface area (Å²) in [5, 5.41) is 13.8. The number of amides is 1. The van der Waals surface area contributed by atoms with Crippen LogP contribution >= 0.6 is 0 Å². The number of rotatable bonds is 5. The molecule has 0 saturated heterocycles. The molecule has 0 fully saturated rings. The van der Waals surface area contributed by atoms with Crippen molar-refractivity contribution in [3.8, 4) is 17.0 Å². The number of hydrogen-bond acceptors (Lipinski definition) is 5. The summed E-state index contributed by atoms with van der Waals surface area (Å²) in [5.74, 6) is 0.811. The van der Waals surface area contributed by atoms with Crippen molar-refractivity contribution in [2.24, 2.45) is 0 Å². The Kier molecular flexibility index (Phi) is 4.82. The van der Waals surface area contributed by atoms with Gasteiger partial charge in [-0.15, -0.1) is 0 Å². The van der Waals surface area contributed by atoms with Gasteiger partial charge < -0.3 is 10.1 Å². The second-order valence-electron chi connectivity index (χ2n) is 6.62. The minimum Gasteiger partial charge on any atom is -0.497 e. The van der Waals surface area contributed by atoms with Gasteiger partial charge in [0.25, 0.3) is 5.56 Å². The highest BCUT2D eigenvalue weighted by atomic mass is 16.5. The molecular weight excluding hydrogens is 370 g/mol. The normalized spacial score (nSPS) is 10.8. The highest BCUT2D eigenvalue weighted by Gasteiger charge is 2.15. The van der Waals surface area contributed by atoms with Crippen LogP contribution < -0.4 is 15.6 Å². The number of aromatic amines is 1. The second-order valence-corrected chi connectivity index (χ2v) is 6.62. The predicted octanol–water partition coefficient (Wildman–Crippen LogP) is 2.58. The Morgan fingerprint density at radius 2 is 1.86 bits per heavy atom. The van der Waals surface area contributed by atoms with Gasteiger partial charge in [0.15, 0.2) is 5.82 Å². The summed E-state index contributed by atoms with van der Waals surface area (Å²) < 4.78 is 6.58. The minimum atomic E-state index is -0.375. The number of benzene rings is 2. The molecule has 4 rings (SSSR count). The van der Waals surface area contributed by atoms with E-state index in [1.165, 1.54) is 4.52 Å². The fourth-order valence-corrected chi connectivity index (χ4v) is 2.96. The SMILES string of the molecule is COc1ccc(-c2cc3c(=O)[nH]nc(CC(=O)Nc4ccc(C)cc4)n3n2)cc1. The van der Waals surface area contributed by atoms with E-state index in [0.29, 0.717) is 22.7 Å². The molecule has 0 aliphatic rings. The van der Waals surface area contributed by atoms with E-state index in [0.717, 1.165) is 16.9 Å². The summed E-state index contributed by atoms with van der Waals surface area (Å²) in [6.07, 6.45) is -0.0368. The van der Waals surface area contributed by atoms with Crippen LogP contribution in [0.5, 0.6) is 5.75 Å². The summed E-state index contributed by atoms with van der Waals surface area (Å²) >= 11 is 0. The number of fused-ring (bicyclic) bond motifs is 1. The molecule has 8 heteroatoms.